The first-order chi connectivity index (χ1) is 13.6. The van der Waals surface area contributed by atoms with E-state index in [-0.39, 0.29) is 5.82 Å². The fourth-order valence-corrected chi connectivity index (χ4v) is 2.71. The van der Waals surface area contributed by atoms with E-state index < -0.39 is 17.5 Å². The summed E-state index contributed by atoms with van der Waals surface area (Å²) >= 11 is 0. The van der Waals surface area contributed by atoms with Crippen LogP contribution in [-0.2, 0) is 9.53 Å². The summed E-state index contributed by atoms with van der Waals surface area (Å²) in [4.78, 5) is 30.0. The van der Waals surface area contributed by atoms with Gasteiger partial charge < -0.3 is 9.64 Å². The molecular formula is C22H26FN3O3. The molecule has 0 atom stereocenters. The van der Waals surface area contributed by atoms with Crippen molar-refractivity contribution >= 4 is 29.3 Å². The van der Waals surface area contributed by atoms with Crippen LogP contribution >= 0.6 is 0 Å². The van der Waals surface area contributed by atoms with Gasteiger partial charge >= 0.3 is 6.09 Å². The Bertz CT molecular complexity index is 918. The summed E-state index contributed by atoms with van der Waals surface area (Å²) in [6, 6.07) is 9.29. The number of halogens is 1. The molecule has 29 heavy (non-hydrogen) atoms. The fourth-order valence-electron chi connectivity index (χ4n) is 2.71. The highest BCUT2D eigenvalue weighted by molar-refractivity contribution is 6.17. The maximum absolute atomic E-state index is 13.7. The van der Waals surface area contributed by atoms with Gasteiger partial charge in [-0.2, -0.15) is 0 Å². The number of aldehydes is 1. The number of hydrogen-bond donors (Lipinski definition) is 1. The Hall–Kier alpha value is -3.06. The third-order valence-corrected chi connectivity index (χ3v) is 3.79. The minimum atomic E-state index is -0.639. The molecule has 0 aliphatic carbocycles. The Morgan fingerprint density at radius 1 is 1.21 bits per heavy atom. The van der Waals surface area contributed by atoms with E-state index in [2.05, 4.69) is 10.3 Å². The number of carbonyl (C=O) groups is 2. The lowest BCUT2D eigenvalue weighted by Gasteiger charge is -2.20. The molecule has 0 aliphatic heterocycles. The van der Waals surface area contributed by atoms with Crippen molar-refractivity contribution in [2.24, 2.45) is 0 Å². The third-order valence-electron chi connectivity index (χ3n) is 3.79. The highest BCUT2D eigenvalue weighted by atomic mass is 19.1. The lowest BCUT2D eigenvalue weighted by atomic mass is 9.95. The normalized spacial score (nSPS) is 12.4. The molecule has 0 bridgehead atoms. The van der Waals surface area contributed by atoms with Crippen molar-refractivity contribution < 1.29 is 18.7 Å². The van der Waals surface area contributed by atoms with Crippen molar-refractivity contribution in [1.82, 2.24) is 9.88 Å². The summed E-state index contributed by atoms with van der Waals surface area (Å²) in [5, 5.41) is 2.60. The average Bonchev–Trinajstić information content (AvgIpc) is 2.60. The molecule has 2 rings (SSSR count). The molecule has 1 aromatic carbocycles. The number of hydrogen-bond acceptors (Lipinski definition) is 5. The summed E-state index contributed by atoms with van der Waals surface area (Å²) < 4.78 is 19.0. The molecule has 0 saturated carbocycles. The maximum Gasteiger partial charge on any atom is 0.413 e. The van der Waals surface area contributed by atoms with Gasteiger partial charge in [-0.25, -0.2) is 14.2 Å². The van der Waals surface area contributed by atoms with Gasteiger partial charge in [-0.3, -0.25) is 10.1 Å². The molecule has 2 aromatic rings. The molecule has 154 valence electrons. The van der Waals surface area contributed by atoms with Crippen molar-refractivity contribution in [2.45, 2.75) is 26.4 Å². The standard InChI is InChI=1S/C22H26FN3O3/c1-22(2,3)29-21(28)25-20-12-16(9-10-24-20)18(13-26(4)5)19(14-27)15-7-6-8-17(23)11-15/h6-12,14H,13H2,1-5H3,(H,24,25,28). The Kier molecular flexibility index (Phi) is 7.23. The second kappa shape index (κ2) is 9.43. The number of rotatable bonds is 6. The van der Waals surface area contributed by atoms with Gasteiger partial charge in [0.15, 0.2) is 6.29 Å². The number of anilines is 1. The molecular weight excluding hydrogens is 373 g/mol. The number of nitrogens with zero attached hydrogens (tertiary/aromatic N) is 2. The first-order valence-electron chi connectivity index (χ1n) is 9.14. The van der Waals surface area contributed by atoms with E-state index in [4.69, 9.17) is 4.74 Å². The Morgan fingerprint density at radius 2 is 1.93 bits per heavy atom. The SMILES string of the molecule is CN(C)CC(=C(C=O)c1cccc(F)c1)c1ccnc(NC(=O)OC(C)(C)C)c1. The number of likely N-dealkylation sites (N-methyl/N-ethyl adjacent to an activating group) is 1. The van der Waals surface area contributed by atoms with E-state index in [9.17, 15) is 14.0 Å². The van der Waals surface area contributed by atoms with Crippen molar-refractivity contribution in [3.63, 3.8) is 0 Å². The van der Waals surface area contributed by atoms with E-state index >= 15 is 0 Å². The minimum absolute atomic E-state index is 0.289. The molecule has 1 heterocycles. The van der Waals surface area contributed by atoms with Crippen LogP contribution in [0.5, 0.6) is 0 Å². The number of ether oxygens (including phenoxy) is 1. The van der Waals surface area contributed by atoms with Gasteiger partial charge in [0.2, 0.25) is 0 Å². The van der Waals surface area contributed by atoms with Gasteiger partial charge in [-0.05, 0) is 75.8 Å². The summed E-state index contributed by atoms with van der Waals surface area (Å²) in [5.41, 5.74) is 1.58. The quantitative estimate of drug-likeness (QED) is 0.581. The minimum Gasteiger partial charge on any atom is -0.444 e. The van der Waals surface area contributed by atoms with Crippen LogP contribution in [0.1, 0.15) is 31.9 Å². The number of allylic oxidation sites excluding steroid dienone is 1. The van der Waals surface area contributed by atoms with Crippen LogP contribution in [0.4, 0.5) is 15.0 Å². The van der Waals surface area contributed by atoms with Gasteiger partial charge in [0.25, 0.3) is 0 Å². The first-order valence-corrected chi connectivity index (χ1v) is 9.14. The van der Waals surface area contributed by atoms with Gasteiger partial charge in [-0.15, -0.1) is 0 Å². The highest BCUT2D eigenvalue weighted by Crippen LogP contribution is 2.27. The van der Waals surface area contributed by atoms with Gasteiger partial charge in [0.05, 0.1) is 0 Å². The number of nitrogens with one attached hydrogen (secondary N) is 1. The van der Waals surface area contributed by atoms with E-state index in [1.165, 1.54) is 18.3 Å². The second-order valence-corrected chi connectivity index (χ2v) is 7.81. The maximum atomic E-state index is 13.7. The topological polar surface area (TPSA) is 71.5 Å². The molecule has 0 spiro atoms. The molecule has 0 saturated heterocycles. The summed E-state index contributed by atoms with van der Waals surface area (Å²) in [5.74, 6) is -0.134. The van der Waals surface area contributed by atoms with Crippen molar-refractivity contribution in [1.29, 1.82) is 0 Å². The zero-order chi connectivity index (χ0) is 21.6. The Balaban J connectivity index is 2.47. The number of benzene rings is 1. The number of aromatic nitrogens is 1. The molecule has 0 fully saturated rings. The largest absolute Gasteiger partial charge is 0.444 e. The van der Waals surface area contributed by atoms with E-state index in [1.807, 2.05) is 19.0 Å². The lowest BCUT2D eigenvalue weighted by molar-refractivity contribution is -0.103. The lowest BCUT2D eigenvalue weighted by Crippen LogP contribution is -2.27. The van der Waals surface area contributed by atoms with Crippen LogP contribution in [0.2, 0.25) is 0 Å². The van der Waals surface area contributed by atoms with Crippen LogP contribution in [0, 0.1) is 5.82 Å². The zero-order valence-corrected chi connectivity index (χ0v) is 17.3. The van der Waals surface area contributed by atoms with Gasteiger partial charge in [0, 0.05) is 18.3 Å². The average molecular weight is 399 g/mol. The monoisotopic (exact) mass is 399 g/mol. The molecule has 7 heteroatoms. The highest BCUT2D eigenvalue weighted by Gasteiger charge is 2.18. The van der Waals surface area contributed by atoms with E-state index in [1.54, 1.807) is 45.0 Å². The van der Waals surface area contributed by atoms with E-state index in [0.29, 0.717) is 28.8 Å². The van der Waals surface area contributed by atoms with Gasteiger partial charge in [-0.1, -0.05) is 12.1 Å². The smallest absolute Gasteiger partial charge is 0.413 e. The summed E-state index contributed by atoms with van der Waals surface area (Å²) in [7, 11) is 3.74. The predicted octanol–water partition coefficient (Wildman–Crippen LogP) is 4.24. The van der Waals surface area contributed by atoms with Crippen molar-refractivity contribution in [3.05, 3.63) is 59.5 Å². The number of amides is 1. The van der Waals surface area contributed by atoms with Gasteiger partial charge in [0.1, 0.15) is 17.2 Å². The van der Waals surface area contributed by atoms with Crippen molar-refractivity contribution in [2.75, 3.05) is 26.0 Å². The first kappa shape index (κ1) is 22.2. The molecule has 1 N–H and O–H groups in total. The Labute approximate surface area is 170 Å². The molecule has 0 aliphatic rings. The third kappa shape index (κ3) is 6.80. The fraction of sp³-hybridized carbons (Fsp3) is 0.318. The summed E-state index contributed by atoms with van der Waals surface area (Å²) in [6.07, 6.45) is 1.63. The van der Waals surface area contributed by atoms with Crippen LogP contribution in [0.3, 0.4) is 0 Å². The molecule has 0 unspecified atom stereocenters. The number of pyridine rings is 1. The molecule has 1 aromatic heterocycles. The predicted molar refractivity (Wildman–Crippen MR) is 112 cm³/mol. The zero-order valence-electron chi connectivity index (χ0n) is 17.3. The number of carbonyl (C=O) groups excluding carboxylic acids is 2. The van der Waals surface area contributed by atoms with E-state index in [0.717, 1.165) is 6.29 Å². The molecule has 1 amide bonds. The molecule has 6 nitrogen and oxygen atoms in total. The van der Waals surface area contributed by atoms with Crippen molar-refractivity contribution in [3.8, 4) is 0 Å². The Morgan fingerprint density at radius 3 is 2.52 bits per heavy atom. The van der Waals surface area contributed by atoms with Crippen LogP contribution in [0.15, 0.2) is 42.6 Å². The molecule has 0 radical (unpaired) electrons. The van der Waals surface area contributed by atoms with Crippen LogP contribution < -0.4 is 5.32 Å². The van der Waals surface area contributed by atoms with Crippen LogP contribution in [0.25, 0.3) is 11.1 Å². The summed E-state index contributed by atoms with van der Waals surface area (Å²) in [6.45, 7) is 5.73. The second-order valence-electron chi connectivity index (χ2n) is 7.81. The van der Waals surface area contributed by atoms with Crippen LogP contribution in [-0.4, -0.2) is 48.5 Å².